The number of nitrogens with zero attached hydrogens (tertiary/aromatic N) is 1. The highest BCUT2D eigenvalue weighted by atomic mass is 16.5. The van der Waals surface area contributed by atoms with Gasteiger partial charge in [0.1, 0.15) is 18.0 Å². The van der Waals surface area contributed by atoms with Gasteiger partial charge in [-0.2, -0.15) is 0 Å². The molecule has 2 aromatic rings. The van der Waals surface area contributed by atoms with Crippen molar-refractivity contribution in [3.05, 3.63) is 53.6 Å². The molecule has 7 heteroatoms. The van der Waals surface area contributed by atoms with Gasteiger partial charge in [-0.15, -0.1) is 0 Å². The number of amides is 2. The van der Waals surface area contributed by atoms with Gasteiger partial charge >= 0.3 is 0 Å². The van der Waals surface area contributed by atoms with Crippen LogP contribution in [0.2, 0.25) is 0 Å². The molecule has 0 unspecified atom stereocenters. The second-order valence-electron chi connectivity index (χ2n) is 8.58. The number of hydrogen-bond donors (Lipinski definition) is 1. The molecule has 0 saturated heterocycles. The molecule has 0 saturated carbocycles. The van der Waals surface area contributed by atoms with Crippen LogP contribution >= 0.6 is 0 Å². The topological polar surface area (TPSA) is 84.9 Å². The highest BCUT2D eigenvalue weighted by molar-refractivity contribution is 6.04. The monoisotopic (exact) mass is 438 g/mol. The minimum Gasteiger partial charge on any atom is -0.485 e. The number of rotatable bonds is 9. The molecule has 0 radical (unpaired) electrons. The third-order valence-corrected chi connectivity index (χ3v) is 5.15. The lowest BCUT2D eigenvalue weighted by atomic mass is 10.0. The van der Waals surface area contributed by atoms with Crippen LogP contribution in [0.1, 0.15) is 49.5 Å². The van der Waals surface area contributed by atoms with Gasteiger partial charge in [0.05, 0.1) is 5.69 Å². The van der Waals surface area contributed by atoms with Crippen molar-refractivity contribution in [2.45, 2.75) is 33.6 Å². The Kier molecular flexibility index (Phi) is 7.51. The molecule has 170 valence electrons. The number of ether oxygens (including phenoxy) is 2. The van der Waals surface area contributed by atoms with Gasteiger partial charge in [0, 0.05) is 12.1 Å². The first-order valence-electron chi connectivity index (χ1n) is 10.8. The predicted octanol–water partition coefficient (Wildman–Crippen LogP) is 3.57. The number of fused-ring (bicyclic) bond motifs is 1. The zero-order chi connectivity index (χ0) is 23.3. The van der Waals surface area contributed by atoms with Gasteiger partial charge < -0.3 is 14.8 Å². The van der Waals surface area contributed by atoms with Crippen LogP contribution < -0.4 is 19.7 Å². The van der Waals surface area contributed by atoms with Crippen LogP contribution in [-0.2, 0) is 9.59 Å². The van der Waals surface area contributed by atoms with Crippen molar-refractivity contribution in [2.24, 2.45) is 5.92 Å². The highest BCUT2D eigenvalue weighted by Crippen LogP contribution is 2.33. The Labute approximate surface area is 188 Å². The first-order valence-corrected chi connectivity index (χ1v) is 10.8. The number of hydrogen-bond acceptors (Lipinski definition) is 5. The van der Waals surface area contributed by atoms with Gasteiger partial charge in [-0.3, -0.25) is 19.3 Å². The number of anilines is 1. The summed E-state index contributed by atoms with van der Waals surface area (Å²) in [7, 11) is 0. The summed E-state index contributed by atoms with van der Waals surface area (Å²) in [6.07, 6.45) is 0. The molecule has 7 nitrogen and oxygen atoms in total. The van der Waals surface area contributed by atoms with Crippen molar-refractivity contribution < 1.29 is 23.9 Å². The van der Waals surface area contributed by atoms with Crippen molar-refractivity contribution in [3.8, 4) is 11.5 Å². The van der Waals surface area contributed by atoms with Gasteiger partial charge in [0.2, 0.25) is 5.91 Å². The van der Waals surface area contributed by atoms with Crippen LogP contribution in [0.25, 0.3) is 0 Å². The molecule has 0 bridgehead atoms. The molecule has 1 aliphatic rings. The second kappa shape index (κ2) is 10.3. The molecule has 1 heterocycles. The highest BCUT2D eigenvalue weighted by Gasteiger charge is 2.28. The minimum atomic E-state index is -0.330. The number of carbonyl (C=O) groups excluding carboxylic acids is 3. The third-order valence-electron chi connectivity index (χ3n) is 5.15. The summed E-state index contributed by atoms with van der Waals surface area (Å²) in [6.45, 7) is 8.33. The first-order chi connectivity index (χ1) is 15.2. The average Bonchev–Trinajstić information content (AvgIpc) is 2.78. The lowest BCUT2D eigenvalue weighted by Crippen LogP contribution is -2.45. The van der Waals surface area contributed by atoms with E-state index >= 15 is 0 Å². The van der Waals surface area contributed by atoms with Crippen molar-refractivity contribution in [1.82, 2.24) is 5.32 Å². The Morgan fingerprint density at radius 3 is 2.47 bits per heavy atom. The van der Waals surface area contributed by atoms with E-state index in [4.69, 9.17) is 9.47 Å². The molecule has 0 spiro atoms. The summed E-state index contributed by atoms with van der Waals surface area (Å²) in [4.78, 5) is 38.8. The van der Waals surface area contributed by atoms with Gasteiger partial charge in [-0.25, -0.2) is 0 Å². The Hall–Kier alpha value is -3.35. The molecule has 1 N–H and O–H groups in total. The molecule has 0 aliphatic carbocycles. The SMILES string of the molecule is CC(C)CNC(=O)CN1C(=O)COc2ccc(C(=O)COc3ccc(C(C)C)cc3)cc21. The maximum Gasteiger partial charge on any atom is 0.265 e. The van der Waals surface area contributed by atoms with Gasteiger partial charge in [-0.1, -0.05) is 39.8 Å². The molecular weight excluding hydrogens is 408 g/mol. The molecule has 2 aromatic carbocycles. The van der Waals surface area contributed by atoms with Crippen molar-refractivity contribution in [2.75, 3.05) is 31.2 Å². The van der Waals surface area contributed by atoms with E-state index in [0.717, 1.165) is 0 Å². The fourth-order valence-corrected chi connectivity index (χ4v) is 3.25. The van der Waals surface area contributed by atoms with Gasteiger partial charge in [0.25, 0.3) is 5.91 Å². The van der Waals surface area contributed by atoms with Gasteiger partial charge in [0.15, 0.2) is 19.0 Å². The molecule has 0 aromatic heterocycles. The van der Waals surface area contributed by atoms with Crippen molar-refractivity contribution >= 4 is 23.3 Å². The lowest BCUT2D eigenvalue weighted by Gasteiger charge is -2.29. The van der Waals surface area contributed by atoms with E-state index in [1.165, 1.54) is 10.5 Å². The smallest absolute Gasteiger partial charge is 0.265 e. The Bertz CT molecular complexity index is 982. The van der Waals surface area contributed by atoms with E-state index in [0.29, 0.717) is 41.1 Å². The quantitative estimate of drug-likeness (QED) is 0.605. The van der Waals surface area contributed by atoms with E-state index in [-0.39, 0.29) is 37.4 Å². The van der Waals surface area contributed by atoms with Crippen molar-refractivity contribution in [1.29, 1.82) is 0 Å². The van der Waals surface area contributed by atoms with E-state index in [2.05, 4.69) is 19.2 Å². The summed E-state index contributed by atoms with van der Waals surface area (Å²) in [6, 6.07) is 12.5. The first kappa shape index (κ1) is 23.3. The number of benzene rings is 2. The Morgan fingerprint density at radius 1 is 1.09 bits per heavy atom. The molecule has 0 fully saturated rings. The largest absolute Gasteiger partial charge is 0.485 e. The van der Waals surface area contributed by atoms with E-state index in [1.54, 1.807) is 18.2 Å². The Balaban J connectivity index is 1.69. The Morgan fingerprint density at radius 2 is 1.81 bits per heavy atom. The summed E-state index contributed by atoms with van der Waals surface area (Å²) in [5, 5.41) is 2.81. The maximum atomic E-state index is 12.7. The van der Waals surface area contributed by atoms with E-state index in [9.17, 15) is 14.4 Å². The fraction of sp³-hybridized carbons (Fsp3) is 0.400. The van der Waals surface area contributed by atoms with Crippen molar-refractivity contribution in [3.63, 3.8) is 0 Å². The van der Waals surface area contributed by atoms with Gasteiger partial charge in [-0.05, 0) is 47.7 Å². The minimum absolute atomic E-state index is 0.127. The summed E-state index contributed by atoms with van der Waals surface area (Å²) in [5.74, 6) is 0.973. The number of ketones is 1. The second-order valence-corrected chi connectivity index (χ2v) is 8.58. The molecule has 3 rings (SSSR count). The third kappa shape index (κ3) is 5.87. The zero-order valence-corrected chi connectivity index (χ0v) is 19.0. The molecule has 1 aliphatic heterocycles. The van der Waals surface area contributed by atoms with Crippen LogP contribution in [0.4, 0.5) is 5.69 Å². The maximum absolute atomic E-state index is 12.7. The van der Waals surface area contributed by atoms with Crippen LogP contribution in [0.15, 0.2) is 42.5 Å². The predicted molar refractivity (Wildman–Crippen MR) is 122 cm³/mol. The number of nitrogens with one attached hydrogen (secondary N) is 1. The van der Waals surface area contributed by atoms with Crippen LogP contribution in [0, 0.1) is 5.92 Å². The van der Waals surface area contributed by atoms with Crippen LogP contribution in [0.5, 0.6) is 11.5 Å². The molecule has 32 heavy (non-hydrogen) atoms. The van der Waals surface area contributed by atoms with E-state index in [1.807, 2.05) is 38.1 Å². The molecule has 0 atom stereocenters. The zero-order valence-electron chi connectivity index (χ0n) is 19.0. The van der Waals surface area contributed by atoms with E-state index < -0.39 is 0 Å². The summed E-state index contributed by atoms with van der Waals surface area (Å²) < 4.78 is 11.1. The number of carbonyl (C=O) groups is 3. The molecule has 2 amide bonds. The number of Topliss-reactive ketones (excluding diaryl/α,β-unsaturated/α-hetero) is 1. The van der Waals surface area contributed by atoms with Crippen LogP contribution in [0.3, 0.4) is 0 Å². The summed E-state index contributed by atoms with van der Waals surface area (Å²) >= 11 is 0. The lowest BCUT2D eigenvalue weighted by molar-refractivity contribution is -0.125. The van der Waals surface area contributed by atoms with Crippen LogP contribution in [-0.4, -0.2) is 43.9 Å². The average molecular weight is 439 g/mol. The normalized spacial score (nSPS) is 13.1. The molecular formula is C25H30N2O5. The summed E-state index contributed by atoms with van der Waals surface area (Å²) in [5.41, 5.74) is 1.99. The standard InChI is InChI=1S/C25H30N2O5/c1-16(2)12-26-24(29)13-27-21-11-19(7-10-23(21)32-15-25(27)30)22(28)14-31-20-8-5-18(6-9-20)17(3)4/h5-11,16-17H,12-15H2,1-4H3,(H,26,29). The fourth-order valence-electron chi connectivity index (χ4n) is 3.25.